The van der Waals surface area contributed by atoms with E-state index in [-0.39, 0.29) is 0 Å². The fourth-order valence-corrected chi connectivity index (χ4v) is 3.84. The van der Waals surface area contributed by atoms with Gasteiger partial charge in [0.25, 0.3) is 0 Å². The molecular formula is C15H26N2S. The molecule has 0 radical (unpaired) electrons. The van der Waals surface area contributed by atoms with Gasteiger partial charge in [0, 0.05) is 17.0 Å². The van der Waals surface area contributed by atoms with Gasteiger partial charge in [-0.15, -0.1) is 11.3 Å². The quantitative estimate of drug-likeness (QED) is 0.876. The molecule has 1 aliphatic heterocycles. The molecule has 1 saturated heterocycles. The third-order valence-corrected chi connectivity index (χ3v) is 5.11. The minimum atomic E-state index is 0.507. The van der Waals surface area contributed by atoms with Gasteiger partial charge in [-0.2, -0.15) is 0 Å². The van der Waals surface area contributed by atoms with E-state index in [2.05, 4.69) is 42.4 Å². The Morgan fingerprint density at radius 2 is 2.17 bits per heavy atom. The Bertz CT molecular complexity index is 353. The number of hydrogen-bond acceptors (Lipinski definition) is 3. The summed E-state index contributed by atoms with van der Waals surface area (Å²) in [7, 11) is 0. The van der Waals surface area contributed by atoms with E-state index in [1.165, 1.54) is 49.3 Å². The standard InChI is InChI=1S/C15H26N2S/c1-4-8-17-9-5-14(6-10-17)16-13(3)15-12(2)7-11-18-15/h7,11,13-14,16H,4-6,8-10H2,1-3H3. The van der Waals surface area contributed by atoms with Crippen molar-refractivity contribution in [2.24, 2.45) is 0 Å². The lowest BCUT2D eigenvalue weighted by Crippen LogP contribution is -2.43. The zero-order chi connectivity index (χ0) is 13.0. The van der Waals surface area contributed by atoms with Gasteiger partial charge < -0.3 is 10.2 Å². The number of likely N-dealkylation sites (tertiary alicyclic amines) is 1. The van der Waals surface area contributed by atoms with Gasteiger partial charge in [-0.25, -0.2) is 0 Å². The van der Waals surface area contributed by atoms with E-state index in [0.29, 0.717) is 12.1 Å². The molecule has 1 aromatic heterocycles. The number of hydrogen-bond donors (Lipinski definition) is 1. The van der Waals surface area contributed by atoms with E-state index >= 15 is 0 Å². The van der Waals surface area contributed by atoms with Gasteiger partial charge >= 0.3 is 0 Å². The number of thiophene rings is 1. The number of piperidine rings is 1. The van der Waals surface area contributed by atoms with E-state index in [4.69, 9.17) is 0 Å². The third-order valence-electron chi connectivity index (χ3n) is 3.91. The second-order valence-electron chi connectivity index (χ2n) is 5.47. The molecule has 2 heterocycles. The first kappa shape index (κ1) is 14.0. The minimum Gasteiger partial charge on any atom is -0.307 e. The molecule has 0 bridgehead atoms. The van der Waals surface area contributed by atoms with Gasteiger partial charge in [-0.1, -0.05) is 6.92 Å². The van der Waals surface area contributed by atoms with Crippen LogP contribution in [-0.2, 0) is 0 Å². The van der Waals surface area contributed by atoms with E-state index < -0.39 is 0 Å². The molecule has 0 saturated carbocycles. The van der Waals surface area contributed by atoms with Gasteiger partial charge in [-0.3, -0.25) is 0 Å². The number of aryl methyl sites for hydroxylation is 1. The van der Waals surface area contributed by atoms with E-state index in [0.717, 1.165) is 0 Å². The average Bonchev–Trinajstić information content (AvgIpc) is 2.78. The summed E-state index contributed by atoms with van der Waals surface area (Å²) in [4.78, 5) is 4.10. The van der Waals surface area contributed by atoms with Crippen molar-refractivity contribution in [3.8, 4) is 0 Å². The molecule has 0 aromatic carbocycles. The summed E-state index contributed by atoms with van der Waals surface area (Å²) < 4.78 is 0. The summed E-state index contributed by atoms with van der Waals surface area (Å²) in [5.74, 6) is 0. The SMILES string of the molecule is CCCN1CCC(NC(C)c2sccc2C)CC1. The lowest BCUT2D eigenvalue weighted by molar-refractivity contribution is 0.193. The predicted octanol–water partition coefficient (Wildman–Crippen LogP) is 3.58. The van der Waals surface area contributed by atoms with Gasteiger partial charge in [0.05, 0.1) is 0 Å². The van der Waals surface area contributed by atoms with Crippen LogP contribution in [0.15, 0.2) is 11.4 Å². The van der Waals surface area contributed by atoms with Crippen molar-refractivity contribution < 1.29 is 0 Å². The maximum atomic E-state index is 3.81. The van der Waals surface area contributed by atoms with Crippen LogP contribution in [0.3, 0.4) is 0 Å². The first-order valence-corrected chi connectivity index (χ1v) is 8.11. The molecule has 3 heteroatoms. The highest BCUT2D eigenvalue weighted by Gasteiger charge is 2.21. The fourth-order valence-electron chi connectivity index (χ4n) is 2.90. The molecule has 2 rings (SSSR count). The Balaban J connectivity index is 1.79. The molecule has 2 nitrogen and oxygen atoms in total. The normalized spacial score (nSPS) is 20.2. The lowest BCUT2D eigenvalue weighted by atomic mass is 10.0. The molecule has 18 heavy (non-hydrogen) atoms. The molecule has 0 amide bonds. The summed E-state index contributed by atoms with van der Waals surface area (Å²) in [5.41, 5.74) is 1.43. The Morgan fingerprint density at radius 3 is 2.72 bits per heavy atom. The van der Waals surface area contributed by atoms with Crippen molar-refractivity contribution in [1.82, 2.24) is 10.2 Å². The van der Waals surface area contributed by atoms with Crippen molar-refractivity contribution >= 4 is 11.3 Å². The number of nitrogens with one attached hydrogen (secondary N) is 1. The highest BCUT2D eigenvalue weighted by molar-refractivity contribution is 7.10. The second kappa shape index (κ2) is 6.69. The van der Waals surface area contributed by atoms with Crippen LogP contribution in [-0.4, -0.2) is 30.6 Å². The lowest BCUT2D eigenvalue weighted by Gasteiger charge is -2.33. The zero-order valence-electron chi connectivity index (χ0n) is 11.9. The Kier molecular flexibility index (Phi) is 5.22. The van der Waals surface area contributed by atoms with Crippen LogP contribution in [0.5, 0.6) is 0 Å². The molecule has 1 fully saturated rings. The maximum Gasteiger partial charge on any atom is 0.0390 e. The van der Waals surface area contributed by atoms with Crippen LogP contribution in [0.2, 0.25) is 0 Å². The Hall–Kier alpha value is -0.380. The zero-order valence-corrected chi connectivity index (χ0v) is 12.7. The summed E-state index contributed by atoms with van der Waals surface area (Å²) in [6.45, 7) is 10.6. The van der Waals surface area contributed by atoms with E-state index in [1.807, 2.05) is 11.3 Å². The highest BCUT2D eigenvalue weighted by Crippen LogP contribution is 2.25. The number of rotatable bonds is 5. The molecule has 0 spiro atoms. The van der Waals surface area contributed by atoms with Crippen LogP contribution in [0, 0.1) is 6.92 Å². The summed E-state index contributed by atoms with van der Waals surface area (Å²) in [6.07, 6.45) is 3.88. The molecule has 1 aliphatic rings. The summed E-state index contributed by atoms with van der Waals surface area (Å²) in [5, 5.41) is 6.01. The minimum absolute atomic E-state index is 0.507. The van der Waals surface area contributed by atoms with Crippen molar-refractivity contribution in [2.45, 2.75) is 52.1 Å². The second-order valence-corrected chi connectivity index (χ2v) is 6.42. The maximum absolute atomic E-state index is 3.81. The van der Waals surface area contributed by atoms with Gasteiger partial charge in [0.1, 0.15) is 0 Å². The van der Waals surface area contributed by atoms with E-state index in [1.54, 1.807) is 0 Å². The van der Waals surface area contributed by atoms with Crippen LogP contribution in [0.4, 0.5) is 0 Å². The fraction of sp³-hybridized carbons (Fsp3) is 0.733. The molecule has 0 aliphatic carbocycles. The first-order valence-electron chi connectivity index (χ1n) is 7.23. The predicted molar refractivity (Wildman–Crippen MR) is 80.4 cm³/mol. The van der Waals surface area contributed by atoms with Crippen LogP contribution in [0.1, 0.15) is 49.6 Å². The van der Waals surface area contributed by atoms with Gasteiger partial charge in [-0.05, 0) is 69.8 Å². The van der Waals surface area contributed by atoms with Crippen molar-refractivity contribution in [3.05, 3.63) is 21.9 Å². The monoisotopic (exact) mass is 266 g/mol. The van der Waals surface area contributed by atoms with Crippen LogP contribution >= 0.6 is 11.3 Å². The molecule has 1 N–H and O–H groups in total. The van der Waals surface area contributed by atoms with E-state index in [9.17, 15) is 0 Å². The smallest absolute Gasteiger partial charge is 0.0390 e. The average molecular weight is 266 g/mol. The molecule has 1 aromatic rings. The topological polar surface area (TPSA) is 15.3 Å². The molecule has 1 unspecified atom stereocenters. The molecule has 1 atom stereocenters. The Labute approximate surface area is 115 Å². The van der Waals surface area contributed by atoms with Crippen molar-refractivity contribution in [2.75, 3.05) is 19.6 Å². The summed E-state index contributed by atoms with van der Waals surface area (Å²) in [6, 6.07) is 3.43. The van der Waals surface area contributed by atoms with Gasteiger partial charge in [0.15, 0.2) is 0 Å². The first-order chi connectivity index (χ1) is 8.70. The third kappa shape index (κ3) is 3.56. The highest BCUT2D eigenvalue weighted by atomic mass is 32.1. The molecule has 102 valence electrons. The Morgan fingerprint density at radius 1 is 1.44 bits per heavy atom. The van der Waals surface area contributed by atoms with Crippen molar-refractivity contribution in [1.29, 1.82) is 0 Å². The van der Waals surface area contributed by atoms with Crippen molar-refractivity contribution in [3.63, 3.8) is 0 Å². The van der Waals surface area contributed by atoms with Crippen LogP contribution in [0.25, 0.3) is 0 Å². The summed E-state index contributed by atoms with van der Waals surface area (Å²) >= 11 is 1.88. The number of nitrogens with zero attached hydrogens (tertiary/aromatic N) is 1. The van der Waals surface area contributed by atoms with Gasteiger partial charge in [0.2, 0.25) is 0 Å². The largest absolute Gasteiger partial charge is 0.307 e. The molecular weight excluding hydrogens is 240 g/mol. The van der Waals surface area contributed by atoms with Crippen LogP contribution < -0.4 is 5.32 Å².